The first kappa shape index (κ1) is 11.5. The normalized spacial score (nSPS) is 9.57. The molecule has 3 amide bonds. The Kier molecular flexibility index (Phi) is 3.90. The second kappa shape index (κ2) is 4.76. The molecule has 0 aliphatic carbocycles. The lowest BCUT2D eigenvalue weighted by molar-refractivity contribution is 0.0941. The largest absolute Gasteiger partial charge is 0.350 e. The molecule has 0 bridgehead atoms. The molecule has 0 saturated heterocycles. The minimum atomic E-state index is -0.812. The second-order valence-corrected chi connectivity index (χ2v) is 5.40. The van der Waals surface area contributed by atoms with Gasteiger partial charge in [0.05, 0.1) is 8.66 Å². The summed E-state index contributed by atoms with van der Waals surface area (Å²) in [6, 6.07) is 0.820. The Bertz CT molecular complexity index is 360. The van der Waals surface area contributed by atoms with Crippen LogP contribution in [-0.4, -0.2) is 11.9 Å². The average Bonchev–Trinajstić information content (AvgIpc) is 2.43. The molecule has 8 heteroatoms. The molecule has 5 nitrogen and oxygen atoms in total. The van der Waals surface area contributed by atoms with Crippen molar-refractivity contribution in [2.45, 2.75) is 0 Å². The van der Waals surface area contributed by atoms with E-state index in [2.05, 4.69) is 37.3 Å². The molecule has 14 heavy (non-hydrogen) atoms. The number of nitrogens with two attached hydrogens (primary N) is 1. The topological polar surface area (TPSA) is 84.2 Å². The molecule has 0 spiro atoms. The minimum absolute atomic E-state index is 0.416. The van der Waals surface area contributed by atoms with Gasteiger partial charge in [-0.05, 0) is 37.9 Å². The maximum absolute atomic E-state index is 11.3. The molecule has 1 aromatic heterocycles. The van der Waals surface area contributed by atoms with Gasteiger partial charge in [-0.15, -0.1) is 11.3 Å². The van der Waals surface area contributed by atoms with E-state index in [1.165, 1.54) is 11.3 Å². The number of hydrogen-bond acceptors (Lipinski definition) is 3. The molecule has 0 unspecified atom stereocenters. The Hall–Kier alpha value is -0.600. The van der Waals surface area contributed by atoms with Gasteiger partial charge in [0.2, 0.25) is 0 Å². The number of primary amides is 1. The Balaban J connectivity index is 2.65. The third-order valence-electron chi connectivity index (χ3n) is 1.17. The van der Waals surface area contributed by atoms with Gasteiger partial charge in [0.1, 0.15) is 0 Å². The number of thiophene rings is 1. The van der Waals surface area contributed by atoms with E-state index in [0.29, 0.717) is 4.88 Å². The highest BCUT2D eigenvalue weighted by molar-refractivity contribution is 9.13. The third kappa shape index (κ3) is 2.96. The van der Waals surface area contributed by atoms with Gasteiger partial charge in [-0.1, -0.05) is 0 Å². The van der Waals surface area contributed by atoms with Gasteiger partial charge in [-0.3, -0.25) is 10.2 Å². The quantitative estimate of drug-likeness (QED) is 0.677. The molecule has 1 aromatic rings. The van der Waals surface area contributed by atoms with Crippen molar-refractivity contribution in [2.75, 3.05) is 0 Å². The second-order valence-electron chi connectivity index (χ2n) is 2.18. The van der Waals surface area contributed by atoms with E-state index >= 15 is 0 Å². The fraction of sp³-hybridized carbons (Fsp3) is 0. The number of amides is 3. The number of hydrazine groups is 1. The van der Waals surface area contributed by atoms with E-state index in [1.807, 2.05) is 5.43 Å². The van der Waals surface area contributed by atoms with Crippen molar-refractivity contribution in [3.63, 3.8) is 0 Å². The van der Waals surface area contributed by atoms with Crippen LogP contribution >= 0.6 is 43.2 Å². The first-order chi connectivity index (χ1) is 6.50. The van der Waals surface area contributed by atoms with Gasteiger partial charge < -0.3 is 5.73 Å². The molecule has 0 fully saturated rings. The van der Waals surface area contributed by atoms with E-state index < -0.39 is 11.9 Å². The molecule has 0 aliphatic heterocycles. The number of halogens is 2. The summed E-state index contributed by atoms with van der Waals surface area (Å²) >= 11 is 7.72. The summed E-state index contributed by atoms with van der Waals surface area (Å²) in [6.07, 6.45) is 0. The molecule has 4 N–H and O–H groups in total. The minimum Gasteiger partial charge on any atom is -0.350 e. The SMILES string of the molecule is NC(=O)NNC(=O)c1cc(Br)c(Br)s1. The summed E-state index contributed by atoms with van der Waals surface area (Å²) in [7, 11) is 0. The molecule has 0 aromatic carbocycles. The highest BCUT2D eigenvalue weighted by Crippen LogP contribution is 2.32. The van der Waals surface area contributed by atoms with Crippen LogP contribution in [0.15, 0.2) is 14.3 Å². The van der Waals surface area contributed by atoms with Crippen molar-refractivity contribution in [2.24, 2.45) is 5.73 Å². The standard InChI is InChI=1S/C6H5Br2N3O2S/c7-2-1-3(14-4(2)8)5(12)10-11-6(9)13/h1H,(H,10,12)(H3,9,11,13). The smallest absolute Gasteiger partial charge is 0.330 e. The molecule has 1 heterocycles. The lowest BCUT2D eigenvalue weighted by atomic mass is 10.4. The number of rotatable bonds is 1. The molecule has 1 rings (SSSR count). The molecule has 0 saturated carbocycles. The number of urea groups is 1. The Morgan fingerprint density at radius 1 is 1.36 bits per heavy atom. The summed E-state index contributed by atoms with van der Waals surface area (Å²) in [5, 5.41) is 0. The lowest BCUT2D eigenvalue weighted by Crippen LogP contribution is -2.44. The van der Waals surface area contributed by atoms with Crippen molar-refractivity contribution in [3.8, 4) is 0 Å². The van der Waals surface area contributed by atoms with Crippen LogP contribution in [0.2, 0.25) is 0 Å². The molecular weight excluding hydrogens is 338 g/mol. The molecule has 76 valence electrons. The number of carbonyl (C=O) groups is 2. The van der Waals surface area contributed by atoms with Gasteiger partial charge in [0, 0.05) is 4.47 Å². The van der Waals surface area contributed by atoms with Crippen molar-refractivity contribution in [3.05, 3.63) is 19.2 Å². The summed E-state index contributed by atoms with van der Waals surface area (Å²) in [5.41, 5.74) is 8.91. The first-order valence-electron chi connectivity index (χ1n) is 3.31. The van der Waals surface area contributed by atoms with E-state index in [-0.39, 0.29) is 0 Å². The van der Waals surface area contributed by atoms with E-state index in [4.69, 9.17) is 5.73 Å². The zero-order valence-corrected chi connectivity index (χ0v) is 10.6. The predicted molar refractivity (Wildman–Crippen MR) is 59.9 cm³/mol. The van der Waals surface area contributed by atoms with Crippen molar-refractivity contribution < 1.29 is 9.59 Å². The van der Waals surface area contributed by atoms with Crippen molar-refractivity contribution >= 4 is 55.1 Å². The summed E-state index contributed by atoms with van der Waals surface area (Å²) in [5.74, 6) is -0.416. The van der Waals surface area contributed by atoms with Crippen molar-refractivity contribution in [1.29, 1.82) is 0 Å². The highest BCUT2D eigenvalue weighted by Gasteiger charge is 2.11. The van der Waals surface area contributed by atoms with Gasteiger partial charge in [-0.25, -0.2) is 10.2 Å². The number of carbonyl (C=O) groups excluding carboxylic acids is 2. The third-order valence-corrected chi connectivity index (χ3v) is 4.42. The lowest BCUT2D eigenvalue weighted by Gasteiger charge is -2.01. The summed E-state index contributed by atoms with van der Waals surface area (Å²) < 4.78 is 1.59. The van der Waals surface area contributed by atoms with Crippen LogP contribution in [0.3, 0.4) is 0 Å². The van der Waals surface area contributed by atoms with Crippen LogP contribution in [0.1, 0.15) is 9.67 Å². The van der Waals surface area contributed by atoms with Gasteiger partial charge >= 0.3 is 6.03 Å². The Morgan fingerprint density at radius 3 is 2.43 bits per heavy atom. The molecular formula is C6H5Br2N3O2S. The Labute approximate surface area is 100 Å². The van der Waals surface area contributed by atoms with Gasteiger partial charge in [0.15, 0.2) is 0 Å². The predicted octanol–water partition coefficient (Wildman–Crippen LogP) is 1.59. The van der Waals surface area contributed by atoms with Gasteiger partial charge in [0.25, 0.3) is 5.91 Å². The van der Waals surface area contributed by atoms with E-state index in [0.717, 1.165) is 8.26 Å². The van der Waals surface area contributed by atoms with Gasteiger partial charge in [-0.2, -0.15) is 0 Å². The number of hydrogen-bond donors (Lipinski definition) is 3. The van der Waals surface area contributed by atoms with E-state index in [9.17, 15) is 9.59 Å². The zero-order chi connectivity index (χ0) is 10.7. The molecule has 0 radical (unpaired) electrons. The Morgan fingerprint density at radius 2 is 2.00 bits per heavy atom. The maximum Gasteiger partial charge on any atom is 0.330 e. The average molecular weight is 343 g/mol. The van der Waals surface area contributed by atoms with Crippen LogP contribution in [0, 0.1) is 0 Å². The van der Waals surface area contributed by atoms with Crippen LogP contribution in [0.25, 0.3) is 0 Å². The van der Waals surface area contributed by atoms with Crippen molar-refractivity contribution in [1.82, 2.24) is 10.9 Å². The van der Waals surface area contributed by atoms with Crippen LogP contribution in [0.4, 0.5) is 4.79 Å². The fourth-order valence-electron chi connectivity index (χ4n) is 0.638. The highest BCUT2D eigenvalue weighted by atomic mass is 79.9. The molecule has 0 aliphatic rings. The first-order valence-corrected chi connectivity index (χ1v) is 5.71. The van der Waals surface area contributed by atoms with E-state index in [1.54, 1.807) is 6.07 Å². The zero-order valence-electron chi connectivity index (χ0n) is 6.64. The summed E-state index contributed by atoms with van der Waals surface area (Å²) in [4.78, 5) is 22.0. The maximum atomic E-state index is 11.3. The monoisotopic (exact) mass is 341 g/mol. The summed E-state index contributed by atoms with van der Waals surface area (Å²) in [6.45, 7) is 0. The fourth-order valence-corrected chi connectivity index (χ4v) is 2.57. The van der Waals surface area contributed by atoms with Crippen LogP contribution < -0.4 is 16.6 Å². The van der Waals surface area contributed by atoms with Crippen LogP contribution in [0.5, 0.6) is 0 Å². The number of nitrogens with one attached hydrogen (secondary N) is 2. The molecule has 0 atom stereocenters. The van der Waals surface area contributed by atoms with Crippen LogP contribution in [-0.2, 0) is 0 Å².